The van der Waals surface area contributed by atoms with Gasteiger partial charge in [0, 0.05) is 35.8 Å². The lowest BCUT2D eigenvalue weighted by Gasteiger charge is -2.34. The number of nitrogens with zero attached hydrogens (tertiary/aromatic N) is 1. The molecule has 1 aliphatic heterocycles. The number of rotatable bonds is 6. The molecule has 1 atom stereocenters. The number of carbonyl (C=O) groups excluding carboxylic acids is 2. The van der Waals surface area contributed by atoms with Crippen molar-refractivity contribution >= 4 is 34.9 Å². The first-order valence-electron chi connectivity index (χ1n) is 10.3. The van der Waals surface area contributed by atoms with Crippen molar-refractivity contribution in [1.82, 2.24) is 4.90 Å². The van der Waals surface area contributed by atoms with E-state index in [4.69, 9.17) is 21.1 Å². The normalized spacial score (nSPS) is 15.2. The van der Waals surface area contributed by atoms with E-state index < -0.39 is 0 Å². The zero-order valence-corrected chi connectivity index (χ0v) is 18.7. The van der Waals surface area contributed by atoms with Crippen molar-refractivity contribution in [2.24, 2.45) is 11.8 Å². The van der Waals surface area contributed by atoms with Crippen molar-refractivity contribution in [2.45, 2.75) is 19.8 Å². The Balaban J connectivity index is 1.53. The molecule has 0 radical (unpaired) electrons. The molecular formula is C23H28ClN3O4. The summed E-state index contributed by atoms with van der Waals surface area (Å²) in [7, 11) is 3.14. The second-order valence-electron chi connectivity index (χ2n) is 7.61. The molecule has 1 heterocycles. The van der Waals surface area contributed by atoms with Gasteiger partial charge in [0.15, 0.2) is 0 Å². The van der Waals surface area contributed by atoms with Crippen LogP contribution >= 0.6 is 11.6 Å². The SMILES string of the molecule is COc1ccc(OC)c(NC(=O)[C@@H](C)C2CCN(C(=O)Nc3ccc(Cl)cc3)CC2)c1. The maximum Gasteiger partial charge on any atom is 0.321 e. The Hall–Kier alpha value is -2.93. The van der Waals surface area contributed by atoms with Crippen LogP contribution < -0.4 is 20.1 Å². The zero-order chi connectivity index (χ0) is 22.4. The Labute approximate surface area is 187 Å². The second-order valence-corrected chi connectivity index (χ2v) is 8.04. The van der Waals surface area contributed by atoms with Crippen molar-refractivity contribution < 1.29 is 19.1 Å². The van der Waals surface area contributed by atoms with Gasteiger partial charge in [-0.05, 0) is 55.2 Å². The fourth-order valence-corrected chi connectivity index (χ4v) is 3.84. The van der Waals surface area contributed by atoms with Crippen LogP contribution in [0.15, 0.2) is 42.5 Å². The molecular weight excluding hydrogens is 418 g/mol. The summed E-state index contributed by atoms with van der Waals surface area (Å²) in [5.41, 5.74) is 1.29. The third-order valence-corrected chi connectivity index (χ3v) is 5.96. The molecule has 2 aromatic rings. The molecule has 0 aliphatic carbocycles. The van der Waals surface area contributed by atoms with Gasteiger partial charge in [0.25, 0.3) is 0 Å². The van der Waals surface area contributed by atoms with Crippen LogP contribution in [-0.2, 0) is 4.79 Å². The second kappa shape index (κ2) is 10.4. The quantitative estimate of drug-likeness (QED) is 0.664. The van der Waals surface area contributed by atoms with Gasteiger partial charge in [-0.1, -0.05) is 18.5 Å². The van der Waals surface area contributed by atoms with E-state index in [0.29, 0.717) is 41.0 Å². The number of anilines is 2. The van der Waals surface area contributed by atoms with Gasteiger partial charge in [-0.25, -0.2) is 4.79 Å². The number of methoxy groups -OCH3 is 2. The van der Waals surface area contributed by atoms with Gasteiger partial charge in [-0.15, -0.1) is 0 Å². The molecule has 0 bridgehead atoms. The molecule has 3 rings (SSSR count). The molecule has 8 heteroatoms. The summed E-state index contributed by atoms with van der Waals surface area (Å²) >= 11 is 5.88. The number of piperidine rings is 1. The van der Waals surface area contributed by atoms with Gasteiger partial charge in [0.05, 0.1) is 19.9 Å². The molecule has 0 aromatic heterocycles. The van der Waals surface area contributed by atoms with Crippen molar-refractivity contribution in [2.75, 3.05) is 37.9 Å². The number of hydrogen-bond donors (Lipinski definition) is 2. The molecule has 1 aliphatic rings. The van der Waals surface area contributed by atoms with Crippen LogP contribution in [-0.4, -0.2) is 44.1 Å². The number of nitrogens with one attached hydrogen (secondary N) is 2. The Bertz CT molecular complexity index is 912. The van der Waals surface area contributed by atoms with Crippen molar-refractivity contribution in [3.8, 4) is 11.5 Å². The molecule has 0 saturated carbocycles. The fraction of sp³-hybridized carbons (Fsp3) is 0.391. The molecule has 1 fully saturated rings. The first-order chi connectivity index (χ1) is 14.9. The topological polar surface area (TPSA) is 79.9 Å². The summed E-state index contributed by atoms with van der Waals surface area (Å²) < 4.78 is 10.6. The van der Waals surface area contributed by atoms with Crippen LogP contribution in [0.5, 0.6) is 11.5 Å². The first kappa shape index (κ1) is 22.7. The van der Waals surface area contributed by atoms with E-state index in [2.05, 4.69) is 10.6 Å². The number of carbonyl (C=O) groups is 2. The first-order valence-corrected chi connectivity index (χ1v) is 10.6. The Morgan fingerprint density at radius 1 is 1.03 bits per heavy atom. The van der Waals surface area contributed by atoms with Crippen LogP contribution in [0.4, 0.5) is 16.2 Å². The molecule has 0 unspecified atom stereocenters. The molecule has 2 N–H and O–H groups in total. The van der Waals surface area contributed by atoms with E-state index in [1.807, 2.05) is 6.92 Å². The van der Waals surface area contributed by atoms with Gasteiger partial charge in [-0.3, -0.25) is 4.79 Å². The molecule has 31 heavy (non-hydrogen) atoms. The molecule has 166 valence electrons. The van der Waals surface area contributed by atoms with Crippen LogP contribution in [0.3, 0.4) is 0 Å². The standard InChI is InChI=1S/C23H28ClN3O4/c1-15(22(28)26-20-14-19(30-2)8-9-21(20)31-3)16-10-12-27(13-11-16)23(29)25-18-6-4-17(24)5-7-18/h4-9,14-16H,10-13H2,1-3H3,(H,25,29)(H,26,28)/t15-/m0/s1. The highest BCUT2D eigenvalue weighted by molar-refractivity contribution is 6.30. The average Bonchev–Trinajstić information content (AvgIpc) is 2.80. The van der Waals surface area contributed by atoms with Gasteiger partial charge in [-0.2, -0.15) is 0 Å². The van der Waals surface area contributed by atoms with Gasteiger partial charge in [0.1, 0.15) is 11.5 Å². The van der Waals surface area contributed by atoms with E-state index >= 15 is 0 Å². The lowest BCUT2D eigenvalue weighted by molar-refractivity contribution is -0.121. The maximum absolute atomic E-state index is 12.9. The van der Waals surface area contributed by atoms with Crippen LogP contribution in [0.1, 0.15) is 19.8 Å². The minimum absolute atomic E-state index is 0.0735. The number of hydrogen-bond acceptors (Lipinski definition) is 4. The third-order valence-electron chi connectivity index (χ3n) is 5.71. The lowest BCUT2D eigenvalue weighted by atomic mass is 9.85. The zero-order valence-electron chi connectivity index (χ0n) is 18.0. The predicted molar refractivity (Wildman–Crippen MR) is 122 cm³/mol. The molecule has 7 nitrogen and oxygen atoms in total. The van der Waals surface area contributed by atoms with Crippen molar-refractivity contribution in [1.29, 1.82) is 0 Å². The summed E-state index contributed by atoms with van der Waals surface area (Å²) in [6.45, 7) is 3.13. The summed E-state index contributed by atoms with van der Waals surface area (Å²) in [5, 5.41) is 6.46. The van der Waals surface area contributed by atoms with Crippen LogP contribution in [0, 0.1) is 11.8 Å². The highest BCUT2D eigenvalue weighted by atomic mass is 35.5. The molecule has 0 spiro atoms. The highest BCUT2D eigenvalue weighted by Crippen LogP contribution is 2.31. The third kappa shape index (κ3) is 5.82. The van der Waals surface area contributed by atoms with Crippen LogP contribution in [0.2, 0.25) is 5.02 Å². The largest absolute Gasteiger partial charge is 0.497 e. The number of halogens is 1. The summed E-state index contributed by atoms with van der Waals surface area (Å²) in [6.07, 6.45) is 1.52. The van der Waals surface area contributed by atoms with Crippen molar-refractivity contribution in [3.05, 3.63) is 47.5 Å². The minimum atomic E-state index is -0.197. The van der Waals surface area contributed by atoms with E-state index in [9.17, 15) is 9.59 Å². The number of benzene rings is 2. The monoisotopic (exact) mass is 445 g/mol. The Morgan fingerprint density at radius 2 is 1.71 bits per heavy atom. The summed E-state index contributed by atoms with van der Waals surface area (Å²) in [6, 6.07) is 12.2. The fourth-order valence-electron chi connectivity index (χ4n) is 3.71. The van der Waals surface area contributed by atoms with Gasteiger partial charge >= 0.3 is 6.03 Å². The number of urea groups is 1. The maximum atomic E-state index is 12.9. The van der Waals surface area contributed by atoms with E-state index in [0.717, 1.165) is 12.8 Å². The number of likely N-dealkylation sites (tertiary alicyclic amines) is 1. The molecule has 2 aromatic carbocycles. The number of amides is 3. The summed E-state index contributed by atoms with van der Waals surface area (Å²) in [4.78, 5) is 27.1. The molecule has 3 amide bonds. The van der Waals surface area contributed by atoms with E-state index in [-0.39, 0.29) is 23.8 Å². The highest BCUT2D eigenvalue weighted by Gasteiger charge is 2.30. The van der Waals surface area contributed by atoms with E-state index in [1.165, 1.54) is 0 Å². The lowest BCUT2D eigenvalue weighted by Crippen LogP contribution is -2.43. The minimum Gasteiger partial charge on any atom is -0.497 e. The average molecular weight is 446 g/mol. The van der Waals surface area contributed by atoms with E-state index in [1.54, 1.807) is 61.6 Å². The predicted octanol–water partition coefficient (Wildman–Crippen LogP) is 4.88. The Morgan fingerprint density at radius 3 is 2.32 bits per heavy atom. The number of ether oxygens (including phenoxy) is 2. The Kier molecular flexibility index (Phi) is 7.63. The summed E-state index contributed by atoms with van der Waals surface area (Å²) in [5.74, 6) is 1.14. The van der Waals surface area contributed by atoms with Gasteiger partial charge in [0.2, 0.25) is 5.91 Å². The smallest absolute Gasteiger partial charge is 0.321 e. The van der Waals surface area contributed by atoms with Gasteiger partial charge < -0.3 is 25.0 Å². The van der Waals surface area contributed by atoms with Crippen LogP contribution in [0.25, 0.3) is 0 Å². The molecule has 1 saturated heterocycles. The van der Waals surface area contributed by atoms with Crippen molar-refractivity contribution in [3.63, 3.8) is 0 Å².